The molecular weight excluding hydrogens is 338 g/mol. The molecule has 2 aliphatic rings. The van der Waals surface area contributed by atoms with E-state index in [1.807, 2.05) is 18.2 Å². The van der Waals surface area contributed by atoms with Crippen LogP contribution in [-0.4, -0.2) is 55.2 Å². The molecule has 1 aromatic carbocycles. The number of aryl methyl sites for hydroxylation is 1. The summed E-state index contributed by atoms with van der Waals surface area (Å²) in [5, 5.41) is 4.59. The highest BCUT2D eigenvalue weighted by molar-refractivity contribution is 6.31. The number of rotatable bonds is 4. The van der Waals surface area contributed by atoms with Gasteiger partial charge in [-0.3, -0.25) is 14.7 Å². The van der Waals surface area contributed by atoms with Gasteiger partial charge in [0.2, 0.25) is 0 Å². The number of morpholine rings is 1. The molecule has 1 fully saturated rings. The number of nitrogens with one attached hydrogen (secondary N) is 1. The van der Waals surface area contributed by atoms with Crippen molar-refractivity contribution in [1.29, 1.82) is 0 Å². The molecule has 0 spiro atoms. The number of hydrogen-bond acceptors (Lipinski definition) is 4. The Morgan fingerprint density at radius 2 is 2.12 bits per heavy atom. The van der Waals surface area contributed by atoms with Gasteiger partial charge in [-0.1, -0.05) is 11.6 Å². The molecule has 25 heavy (non-hydrogen) atoms. The number of carbonyl (C=O) groups excluding carboxylic acids is 1. The molecule has 1 aromatic heterocycles. The Hall–Kier alpha value is -1.69. The predicted molar refractivity (Wildman–Crippen MR) is 98.4 cm³/mol. The Kier molecular flexibility index (Phi) is 4.88. The maximum absolute atomic E-state index is 12.9. The van der Waals surface area contributed by atoms with Crippen LogP contribution in [0, 0.1) is 0 Å². The van der Waals surface area contributed by atoms with Crippen LogP contribution in [0.2, 0.25) is 5.02 Å². The molecule has 0 atom stereocenters. The number of benzene rings is 1. The van der Waals surface area contributed by atoms with Crippen molar-refractivity contribution >= 4 is 28.4 Å². The third kappa shape index (κ3) is 3.50. The zero-order valence-electron chi connectivity index (χ0n) is 14.2. The summed E-state index contributed by atoms with van der Waals surface area (Å²) < 4.78 is 5.36. The first-order valence-electron chi connectivity index (χ1n) is 8.92. The van der Waals surface area contributed by atoms with Gasteiger partial charge in [0.15, 0.2) is 0 Å². The standard InChI is InChI=1S/C19H22ClN3O2/c20-13-4-5-17-15(12-13)18(14-2-1-3-16(14)22-17)19(24)21-6-7-23-8-10-25-11-9-23/h4-5,12H,1-3,6-11H2,(H,21,24). The highest BCUT2D eigenvalue weighted by Gasteiger charge is 2.24. The lowest BCUT2D eigenvalue weighted by molar-refractivity contribution is 0.0383. The molecule has 1 aliphatic heterocycles. The SMILES string of the molecule is O=C(NCCN1CCOCC1)c1c2c(nc3ccc(Cl)cc13)CCC2. The van der Waals surface area contributed by atoms with Crippen LogP contribution in [-0.2, 0) is 17.6 Å². The lowest BCUT2D eigenvalue weighted by Gasteiger charge is -2.26. The van der Waals surface area contributed by atoms with E-state index in [1.54, 1.807) is 0 Å². The van der Waals surface area contributed by atoms with Crippen LogP contribution < -0.4 is 5.32 Å². The fourth-order valence-electron chi connectivity index (χ4n) is 3.73. The zero-order chi connectivity index (χ0) is 17.2. The average molecular weight is 360 g/mol. The minimum Gasteiger partial charge on any atom is -0.379 e. The third-order valence-electron chi connectivity index (χ3n) is 5.02. The van der Waals surface area contributed by atoms with E-state index in [4.69, 9.17) is 21.3 Å². The molecule has 0 bridgehead atoms. The number of carbonyl (C=O) groups is 1. The van der Waals surface area contributed by atoms with E-state index in [0.717, 1.165) is 79.8 Å². The third-order valence-corrected chi connectivity index (χ3v) is 5.25. The lowest BCUT2D eigenvalue weighted by atomic mass is 10.0. The maximum atomic E-state index is 12.9. The van der Waals surface area contributed by atoms with Crippen molar-refractivity contribution in [3.63, 3.8) is 0 Å². The fraction of sp³-hybridized carbons (Fsp3) is 0.474. The minimum atomic E-state index is -0.0129. The van der Waals surface area contributed by atoms with Gasteiger partial charge in [-0.05, 0) is 43.0 Å². The molecule has 4 rings (SSSR count). The van der Waals surface area contributed by atoms with Crippen molar-refractivity contribution in [2.24, 2.45) is 0 Å². The van der Waals surface area contributed by atoms with Gasteiger partial charge in [-0.25, -0.2) is 0 Å². The van der Waals surface area contributed by atoms with Crippen LogP contribution >= 0.6 is 11.6 Å². The molecule has 1 saturated heterocycles. The molecule has 1 N–H and O–H groups in total. The first-order valence-corrected chi connectivity index (χ1v) is 9.29. The van der Waals surface area contributed by atoms with E-state index in [1.165, 1.54) is 0 Å². The first kappa shape index (κ1) is 16.8. The quantitative estimate of drug-likeness (QED) is 0.911. The fourth-order valence-corrected chi connectivity index (χ4v) is 3.91. The van der Waals surface area contributed by atoms with E-state index in [-0.39, 0.29) is 5.91 Å². The Morgan fingerprint density at radius 1 is 1.28 bits per heavy atom. The zero-order valence-corrected chi connectivity index (χ0v) is 14.9. The number of aromatic nitrogens is 1. The van der Waals surface area contributed by atoms with Crippen molar-refractivity contribution in [1.82, 2.24) is 15.2 Å². The van der Waals surface area contributed by atoms with Crippen LogP contribution in [0.3, 0.4) is 0 Å². The summed E-state index contributed by atoms with van der Waals surface area (Å²) in [5.74, 6) is -0.0129. The summed E-state index contributed by atoms with van der Waals surface area (Å²) in [7, 11) is 0. The summed E-state index contributed by atoms with van der Waals surface area (Å²) in [6.45, 7) is 4.89. The summed E-state index contributed by atoms with van der Waals surface area (Å²) in [5.41, 5.74) is 3.78. The van der Waals surface area contributed by atoms with Crippen molar-refractivity contribution < 1.29 is 9.53 Å². The van der Waals surface area contributed by atoms with Gasteiger partial charge >= 0.3 is 0 Å². The Morgan fingerprint density at radius 3 is 2.96 bits per heavy atom. The molecule has 132 valence electrons. The minimum absolute atomic E-state index is 0.0129. The first-order chi connectivity index (χ1) is 12.2. The second-order valence-electron chi connectivity index (χ2n) is 6.64. The van der Waals surface area contributed by atoms with E-state index >= 15 is 0 Å². The van der Waals surface area contributed by atoms with E-state index in [0.29, 0.717) is 11.6 Å². The molecular formula is C19H22ClN3O2. The summed E-state index contributed by atoms with van der Waals surface area (Å²) in [4.78, 5) is 20.0. The van der Waals surface area contributed by atoms with Gasteiger partial charge in [-0.15, -0.1) is 0 Å². The van der Waals surface area contributed by atoms with Crippen LogP contribution in [0.4, 0.5) is 0 Å². The van der Waals surface area contributed by atoms with E-state index in [2.05, 4.69) is 10.2 Å². The molecule has 0 saturated carbocycles. The number of amides is 1. The van der Waals surface area contributed by atoms with Gasteiger partial charge in [0.05, 0.1) is 24.3 Å². The van der Waals surface area contributed by atoms with Gasteiger partial charge in [0, 0.05) is 42.3 Å². The number of ether oxygens (including phenoxy) is 1. The maximum Gasteiger partial charge on any atom is 0.252 e. The highest BCUT2D eigenvalue weighted by atomic mass is 35.5. The molecule has 6 heteroatoms. The molecule has 1 aliphatic carbocycles. The summed E-state index contributed by atoms with van der Waals surface area (Å²) in [6.07, 6.45) is 2.92. The molecule has 2 heterocycles. The topological polar surface area (TPSA) is 54.5 Å². The lowest BCUT2D eigenvalue weighted by Crippen LogP contribution is -2.41. The van der Waals surface area contributed by atoms with Crippen molar-refractivity contribution in [2.75, 3.05) is 39.4 Å². The predicted octanol–water partition coefficient (Wildman–Crippen LogP) is 2.44. The second-order valence-corrected chi connectivity index (χ2v) is 7.07. The monoisotopic (exact) mass is 359 g/mol. The second kappa shape index (κ2) is 7.28. The highest BCUT2D eigenvalue weighted by Crippen LogP contribution is 2.31. The van der Waals surface area contributed by atoms with Crippen molar-refractivity contribution in [3.05, 3.63) is 40.0 Å². The van der Waals surface area contributed by atoms with Crippen molar-refractivity contribution in [3.8, 4) is 0 Å². The normalized spacial score (nSPS) is 17.6. The molecule has 1 amide bonds. The molecule has 0 radical (unpaired) electrons. The number of halogens is 1. The molecule has 0 unspecified atom stereocenters. The van der Waals surface area contributed by atoms with Gasteiger partial charge in [0.1, 0.15) is 0 Å². The Bertz CT molecular complexity index is 803. The molecule has 5 nitrogen and oxygen atoms in total. The van der Waals surface area contributed by atoms with Crippen LogP contribution in [0.15, 0.2) is 18.2 Å². The van der Waals surface area contributed by atoms with Crippen LogP contribution in [0.1, 0.15) is 28.0 Å². The van der Waals surface area contributed by atoms with Gasteiger partial charge in [0.25, 0.3) is 5.91 Å². The Labute approximate surface area is 152 Å². The number of hydrogen-bond donors (Lipinski definition) is 1. The largest absolute Gasteiger partial charge is 0.379 e. The van der Waals surface area contributed by atoms with E-state index in [9.17, 15) is 4.79 Å². The van der Waals surface area contributed by atoms with Gasteiger partial charge < -0.3 is 10.1 Å². The smallest absolute Gasteiger partial charge is 0.252 e. The molecule has 2 aromatic rings. The number of pyridine rings is 1. The summed E-state index contributed by atoms with van der Waals surface area (Å²) in [6, 6.07) is 5.60. The van der Waals surface area contributed by atoms with Crippen molar-refractivity contribution in [2.45, 2.75) is 19.3 Å². The van der Waals surface area contributed by atoms with Crippen LogP contribution in [0.5, 0.6) is 0 Å². The van der Waals surface area contributed by atoms with Crippen LogP contribution in [0.25, 0.3) is 10.9 Å². The number of fused-ring (bicyclic) bond motifs is 2. The van der Waals surface area contributed by atoms with Gasteiger partial charge in [-0.2, -0.15) is 0 Å². The number of nitrogens with zero attached hydrogens (tertiary/aromatic N) is 2. The Balaban J connectivity index is 1.56. The summed E-state index contributed by atoms with van der Waals surface area (Å²) >= 11 is 6.17. The average Bonchev–Trinajstić information content (AvgIpc) is 3.08. The van der Waals surface area contributed by atoms with E-state index < -0.39 is 0 Å².